The summed E-state index contributed by atoms with van der Waals surface area (Å²) in [4.78, 5) is 34.1. The molecule has 0 saturated carbocycles. The molecule has 0 radical (unpaired) electrons. The lowest BCUT2D eigenvalue weighted by molar-refractivity contribution is -0.140. The summed E-state index contributed by atoms with van der Waals surface area (Å²) in [6.07, 6.45) is 3.99. The van der Waals surface area contributed by atoms with Gasteiger partial charge in [-0.1, -0.05) is 0 Å². The van der Waals surface area contributed by atoms with Gasteiger partial charge in [-0.15, -0.1) is 0 Å². The third-order valence-corrected chi connectivity index (χ3v) is 6.04. The van der Waals surface area contributed by atoms with E-state index < -0.39 is 17.7 Å². The molecule has 1 amide bonds. The number of Topliss-reactive ketones (excluding diaryl/α,β-unsaturated/α-hetero) is 1. The number of amides is 1. The maximum atomic E-state index is 13.1. The number of ketones is 1. The van der Waals surface area contributed by atoms with Crippen LogP contribution in [0.5, 0.6) is 5.75 Å². The fourth-order valence-corrected chi connectivity index (χ4v) is 4.41. The number of ether oxygens (including phenoxy) is 2. The maximum Gasteiger partial charge on any atom is 0.295 e. The number of carbonyl (C=O) groups is 2. The Morgan fingerprint density at radius 1 is 1.09 bits per heavy atom. The number of pyridine rings is 1. The van der Waals surface area contributed by atoms with Crippen molar-refractivity contribution in [2.45, 2.75) is 32.4 Å². The van der Waals surface area contributed by atoms with Gasteiger partial charge in [0.1, 0.15) is 11.5 Å². The lowest BCUT2D eigenvalue weighted by Crippen LogP contribution is -2.38. The molecule has 1 aromatic carbocycles. The molecule has 0 bridgehead atoms. The van der Waals surface area contributed by atoms with E-state index in [0.29, 0.717) is 31.1 Å². The Bertz CT molecular complexity index is 1030. The molecular formula is C26H31N3O5. The lowest BCUT2D eigenvalue weighted by Gasteiger charge is -2.29. The zero-order chi connectivity index (χ0) is 24.1. The number of aliphatic hydroxyl groups is 1. The predicted octanol–water partition coefficient (Wildman–Crippen LogP) is 3.01. The molecule has 2 aromatic rings. The summed E-state index contributed by atoms with van der Waals surface area (Å²) in [6, 6.07) is 9.77. The van der Waals surface area contributed by atoms with Crippen molar-refractivity contribution in [3.05, 3.63) is 65.5 Å². The van der Waals surface area contributed by atoms with E-state index in [9.17, 15) is 14.7 Å². The van der Waals surface area contributed by atoms with Gasteiger partial charge < -0.3 is 19.5 Å². The fraction of sp³-hybridized carbons (Fsp3) is 0.423. The molecule has 3 heterocycles. The average molecular weight is 466 g/mol. The number of carbonyl (C=O) groups excluding carboxylic acids is 2. The van der Waals surface area contributed by atoms with Crippen LogP contribution in [-0.4, -0.2) is 77.1 Å². The van der Waals surface area contributed by atoms with Crippen molar-refractivity contribution in [3.8, 4) is 5.75 Å². The van der Waals surface area contributed by atoms with Gasteiger partial charge in [0, 0.05) is 44.1 Å². The quantitative estimate of drug-likeness (QED) is 0.364. The number of nitrogens with zero attached hydrogens (tertiary/aromatic N) is 3. The van der Waals surface area contributed by atoms with Crippen LogP contribution in [0.1, 0.15) is 37.4 Å². The van der Waals surface area contributed by atoms with Crippen LogP contribution in [0, 0.1) is 0 Å². The van der Waals surface area contributed by atoms with Gasteiger partial charge in [0.25, 0.3) is 11.7 Å². The second kappa shape index (κ2) is 10.8. The number of rotatable bonds is 8. The van der Waals surface area contributed by atoms with E-state index in [0.717, 1.165) is 31.6 Å². The topological polar surface area (TPSA) is 92.2 Å². The Hall–Kier alpha value is -3.23. The monoisotopic (exact) mass is 465 g/mol. The number of aliphatic hydroxyl groups excluding tert-OH is 1. The highest BCUT2D eigenvalue weighted by atomic mass is 16.5. The highest BCUT2D eigenvalue weighted by molar-refractivity contribution is 6.46. The first-order chi connectivity index (χ1) is 16.5. The molecule has 8 nitrogen and oxygen atoms in total. The van der Waals surface area contributed by atoms with Crippen molar-refractivity contribution in [2.24, 2.45) is 0 Å². The van der Waals surface area contributed by atoms with Gasteiger partial charge in [0.05, 0.1) is 30.9 Å². The van der Waals surface area contributed by atoms with E-state index in [1.807, 2.05) is 13.8 Å². The molecule has 1 N–H and O–H groups in total. The Morgan fingerprint density at radius 3 is 2.41 bits per heavy atom. The molecule has 34 heavy (non-hydrogen) atoms. The van der Waals surface area contributed by atoms with E-state index in [-0.39, 0.29) is 17.4 Å². The van der Waals surface area contributed by atoms with Crippen molar-refractivity contribution in [1.82, 2.24) is 14.8 Å². The lowest BCUT2D eigenvalue weighted by atomic mass is 9.96. The third kappa shape index (κ3) is 5.29. The number of benzene rings is 1. The molecule has 0 spiro atoms. The zero-order valence-corrected chi connectivity index (χ0v) is 19.6. The van der Waals surface area contributed by atoms with Gasteiger partial charge >= 0.3 is 0 Å². The number of hydrogen-bond acceptors (Lipinski definition) is 7. The molecule has 2 saturated heterocycles. The molecule has 1 atom stereocenters. The summed E-state index contributed by atoms with van der Waals surface area (Å²) in [5.74, 6) is -0.786. The van der Waals surface area contributed by atoms with E-state index in [1.165, 1.54) is 0 Å². The van der Waals surface area contributed by atoms with Crippen LogP contribution >= 0.6 is 0 Å². The van der Waals surface area contributed by atoms with E-state index in [4.69, 9.17) is 9.47 Å². The van der Waals surface area contributed by atoms with Crippen molar-refractivity contribution in [3.63, 3.8) is 0 Å². The van der Waals surface area contributed by atoms with E-state index >= 15 is 0 Å². The Morgan fingerprint density at radius 2 is 1.76 bits per heavy atom. The molecule has 4 rings (SSSR count). The van der Waals surface area contributed by atoms with E-state index in [2.05, 4.69) is 9.88 Å². The second-order valence-corrected chi connectivity index (χ2v) is 8.77. The predicted molar refractivity (Wildman–Crippen MR) is 127 cm³/mol. The fourth-order valence-electron chi connectivity index (χ4n) is 4.41. The molecule has 2 aliphatic rings. The highest BCUT2D eigenvalue weighted by Gasteiger charge is 2.45. The SMILES string of the molecule is CC(C)Oc1ccc(/C(O)=C2\C(=O)C(=O)N(CCCN3CCOCC3)[C@H]2c2ccncc2)cc1. The van der Waals surface area contributed by atoms with Gasteiger partial charge in [-0.2, -0.15) is 0 Å². The minimum Gasteiger partial charge on any atom is -0.507 e. The Kier molecular flexibility index (Phi) is 7.59. The third-order valence-electron chi connectivity index (χ3n) is 6.04. The second-order valence-electron chi connectivity index (χ2n) is 8.77. The first-order valence-electron chi connectivity index (χ1n) is 11.7. The van der Waals surface area contributed by atoms with Crippen molar-refractivity contribution < 1.29 is 24.2 Å². The van der Waals surface area contributed by atoms with Crippen LogP contribution in [0.2, 0.25) is 0 Å². The van der Waals surface area contributed by atoms with Crippen molar-refractivity contribution in [2.75, 3.05) is 39.4 Å². The molecule has 1 aromatic heterocycles. The van der Waals surface area contributed by atoms with Gasteiger partial charge in [0.2, 0.25) is 0 Å². The number of likely N-dealkylation sites (tertiary alicyclic amines) is 1. The molecule has 2 fully saturated rings. The smallest absolute Gasteiger partial charge is 0.295 e. The van der Waals surface area contributed by atoms with Gasteiger partial charge in [0.15, 0.2) is 0 Å². The largest absolute Gasteiger partial charge is 0.507 e. The highest BCUT2D eigenvalue weighted by Crippen LogP contribution is 2.39. The van der Waals surface area contributed by atoms with E-state index in [1.54, 1.807) is 53.7 Å². The molecule has 180 valence electrons. The molecule has 0 aliphatic carbocycles. The summed E-state index contributed by atoms with van der Waals surface area (Å²) in [6.45, 7) is 8.24. The number of hydrogen-bond donors (Lipinski definition) is 1. The summed E-state index contributed by atoms with van der Waals surface area (Å²) < 4.78 is 11.1. The van der Waals surface area contributed by atoms with Crippen molar-refractivity contribution in [1.29, 1.82) is 0 Å². The summed E-state index contributed by atoms with van der Waals surface area (Å²) >= 11 is 0. The standard InChI is InChI=1S/C26H31N3O5/c1-18(2)34-21-6-4-20(5-7-21)24(30)22-23(19-8-10-27-11-9-19)29(26(32)25(22)31)13-3-12-28-14-16-33-17-15-28/h4-11,18,23,30H,3,12-17H2,1-2H3/b24-22+/t23-/m0/s1. The first kappa shape index (κ1) is 23.9. The van der Waals surface area contributed by atoms with Crippen LogP contribution in [0.4, 0.5) is 0 Å². The van der Waals surface area contributed by atoms with Crippen LogP contribution in [-0.2, 0) is 14.3 Å². The molecule has 8 heteroatoms. The summed E-state index contributed by atoms with van der Waals surface area (Å²) in [7, 11) is 0. The first-order valence-corrected chi connectivity index (χ1v) is 11.7. The van der Waals surface area contributed by atoms with Crippen LogP contribution in [0.25, 0.3) is 5.76 Å². The normalized spacial score (nSPS) is 20.8. The molecular weight excluding hydrogens is 434 g/mol. The number of morpholine rings is 1. The summed E-state index contributed by atoms with van der Waals surface area (Å²) in [5, 5.41) is 11.2. The molecule has 2 aliphatic heterocycles. The average Bonchev–Trinajstić information content (AvgIpc) is 3.10. The minimum atomic E-state index is -0.673. The number of aromatic nitrogens is 1. The van der Waals surface area contributed by atoms with Crippen molar-refractivity contribution >= 4 is 17.4 Å². The maximum absolute atomic E-state index is 13.1. The Balaban J connectivity index is 1.62. The minimum absolute atomic E-state index is 0.0222. The molecule has 0 unspecified atom stereocenters. The zero-order valence-electron chi connectivity index (χ0n) is 19.6. The van der Waals surface area contributed by atoms with Gasteiger partial charge in [-0.05, 0) is 62.2 Å². The van der Waals surface area contributed by atoms with Gasteiger partial charge in [-0.25, -0.2) is 0 Å². The van der Waals surface area contributed by atoms with Gasteiger partial charge in [-0.3, -0.25) is 19.5 Å². The Labute approximate surface area is 199 Å². The van der Waals surface area contributed by atoms with Crippen LogP contribution < -0.4 is 4.74 Å². The van der Waals surface area contributed by atoms with Crippen LogP contribution in [0.3, 0.4) is 0 Å². The summed E-state index contributed by atoms with van der Waals surface area (Å²) in [5.41, 5.74) is 1.29. The van der Waals surface area contributed by atoms with Crippen LogP contribution in [0.15, 0.2) is 54.4 Å².